The smallest absolute Gasteiger partial charge is 0.170 e. The lowest BCUT2D eigenvalue weighted by atomic mass is 10.1. The number of thioether (sulfide) groups is 1. The number of rotatable bonds is 4. The van der Waals surface area contributed by atoms with E-state index in [0.717, 1.165) is 10.2 Å². The molecule has 1 aromatic carbocycles. The third-order valence-electron chi connectivity index (χ3n) is 2.32. The van der Waals surface area contributed by atoms with Gasteiger partial charge in [0.1, 0.15) is 11.6 Å². The number of aromatic nitrogens is 2. The molecule has 0 spiro atoms. The molecule has 100 valence electrons. The fourth-order valence-corrected chi connectivity index (χ4v) is 2.99. The normalized spacial score (nSPS) is 11.8. The van der Waals surface area contributed by atoms with Crippen LogP contribution in [0, 0.1) is 12.7 Å². The Morgan fingerprint density at radius 1 is 1.58 bits per heavy atom. The molecule has 0 amide bonds. The number of aryl methyl sites for hydroxylation is 1. The Hall–Kier alpha value is -1.67. The number of nitrogens with zero attached hydrogens (tertiary/aromatic N) is 3. The molecule has 0 saturated carbocycles. The van der Waals surface area contributed by atoms with Gasteiger partial charge in [-0.2, -0.15) is 4.37 Å². The number of hydrogen-bond donors (Lipinski definition) is 2. The van der Waals surface area contributed by atoms with Gasteiger partial charge in [0.05, 0.1) is 0 Å². The van der Waals surface area contributed by atoms with E-state index in [2.05, 4.69) is 14.5 Å². The Morgan fingerprint density at radius 3 is 2.95 bits per heavy atom. The van der Waals surface area contributed by atoms with E-state index in [1.807, 2.05) is 6.92 Å². The summed E-state index contributed by atoms with van der Waals surface area (Å²) in [6.45, 7) is 1.81. The molecule has 0 unspecified atom stereocenters. The first kappa shape index (κ1) is 13.8. The van der Waals surface area contributed by atoms with Crippen molar-refractivity contribution in [2.75, 3.05) is 0 Å². The average molecular weight is 298 g/mol. The molecule has 2 aromatic rings. The van der Waals surface area contributed by atoms with Crippen LogP contribution in [0.15, 0.2) is 27.7 Å². The second-order valence-corrected chi connectivity index (χ2v) is 5.66. The Kier molecular flexibility index (Phi) is 4.33. The van der Waals surface area contributed by atoms with E-state index in [0.29, 0.717) is 16.9 Å². The monoisotopic (exact) mass is 298 g/mol. The Balaban J connectivity index is 2.09. The molecule has 3 N–H and O–H groups in total. The maximum Gasteiger partial charge on any atom is 0.170 e. The van der Waals surface area contributed by atoms with Crippen LogP contribution < -0.4 is 5.73 Å². The molecular weight excluding hydrogens is 287 g/mol. The molecule has 0 aliphatic rings. The fraction of sp³-hybridized carbons (Fsp3) is 0.182. The first-order valence-corrected chi connectivity index (χ1v) is 7.05. The van der Waals surface area contributed by atoms with Crippen molar-refractivity contribution in [2.24, 2.45) is 10.9 Å². The second kappa shape index (κ2) is 5.98. The third-order valence-corrected chi connectivity index (χ3v) is 4.29. The minimum atomic E-state index is -0.391. The quantitative estimate of drug-likeness (QED) is 0.298. The maximum absolute atomic E-state index is 13.8. The SMILES string of the molecule is Cc1nsc(SCc2ccc(C(N)=NO)cc2F)n1. The van der Waals surface area contributed by atoms with E-state index < -0.39 is 5.82 Å². The van der Waals surface area contributed by atoms with Gasteiger partial charge in [-0.3, -0.25) is 0 Å². The van der Waals surface area contributed by atoms with Crippen molar-refractivity contribution in [2.45, 2.75) is 17.0 Å². The Morgan fingerprint density at radius 2 is 2.37 bits per heavy atom. The van der Waals surface area contributed by atoms with Crippen LogP contribution in [0.3, 0.4) is 0 Å². The third kappa shape index (κ3) is 3.42. The van der Waals surface area contributed by atoms with Crippen molar-refractivity contribution in [3.8, 4) is 0 Å². The van der Waals surface area contributed by atoms with Crippen LogP contribution in [0.5, 0.6) is 0 Å². The summed E-state index contributed by atoms with van der Waals surface area (Å²) in [7, 11) is 0. The van der Waals surface area contributed by atoms with Crippen LogP contribution in [0.4, 0.5) is 4.39 Å². The summed E-state index contributed by atoms with van der Waals surface area (Å²) in [6.07, 6.45) is 0. The second-order valence-electron chi connectivity index (χ2n) is 3.69. The number of nitrogens with two attached hydrogens (primary N) is 1. The minimum Gasteiger partial charge on any atom is -0.409 e. The average Bonchev–Trinajstić information content (AvgIpc) is 2.82. The van der Waals surface area contributed by atoms with Gasteiger partial charge in [-0.15, -0.1) is 0 Å². The summed E-state index contributed by atoms with van der Waals surface area (Å²) >= 11 is 2.72. The van der Waals surface area contributed by atoms with E-state index in [1.54, 1.807) is 12.1 Å². The molecule has 0 saturated heterocycles. The summed E-state index contributed by atoms with van der Waals surface area (Å²) in [5.41, 5.74) is 6.27. The molecule has 0 aliphatic carbocycles. The lowest BCUT2D eigenvalue weighted by Crippen LogP contribution is -2.13. The molecule has 2 rings (SSSR count). The maximum atomic E-state index is 13.8. The van der Waals surface area contributed by atoms with Crippen LogP contribution >= 0.6 is 23.3 Å². The van der Waals surface area contributed by atoms with Gasteiger partial charge < -0.3 is 10.9 Å². The minimum absolute atomic E-state index is 0.113. The number of amidine groups is 1. The molecule has 0 aliphatic heterocycles. The van der Waals surface area contributed by atoms with Crippen molar-refractivity contribution >= 4 is 29.1 Å². The highest BCUT2D eigenvalue weighted by atomic mass is 32.2. The zero-order valence-corrected chi connectivity index (χ0v) is 11.6. The first-order valence-electron chi connectivity index (χ1n) is 5.29. The number of hydrogen-bond acceptors (Lipinski definition) is 6. The van der Waals surface area contributed by atoms with E-state index in [1.165, 1.54) is 29.4 Å². The van der Waals surface area contributed by atoms with Crippen LogP contribution in [-0.4, -0.2) is 20.4 Å². The molecule has 19 heavy (non-hydrogen) atoms. The van der Waals surface area contributed by atoms with Gasteiger partial charge in [0.25, 0.3) is 0 Å². The number of halogens is 1. The zero-order valence-electron chi connectivity index (χ0n) is 10.00. The molecule has 8 heteroatoms. The van der Waals surface area contributed by atoms with Crippen molar-refractivity contribution in [3.63, 3.8) is 0 Å². The summed E-state index contributed by atoms with van der Waals surface area (Å²) in [6, 6.07) is 4.47. The summed E-state index contributed by atoms with van der Waals surface area (Å²) < 4.78 is 18.7. The van der Waals surface area contributed by atoms with Crippen LogP contribution in [0.1, 0.15) is 17.0 Å². The summed E-state index contributed by atoms with van der Waals surface area (Å²) in [5, 5.41) is 11.4. The van der Waals surface area contributed by atoms with Gasteiger partial charge in [0, 0.05) is 11.3 Å². The van der Waals surface area contributed by atoms with Gasteiger partial charge >= 0.3 is 0 Å². The topological polar surface area (TPSA) is 84.4 Å². The standard InChI is InChI=1S/C11H11FN4OS2/c1-6-14-11(19-16-6)18-5-8-3-2-7(4-9(8)12)10(13)15-17/h2-4,17H,5H2,1H3,(H2,13,15). The van der Waals surface area contributed by atoms with Crippen LogP contribution in [0.25, 0.3) is 0 Å². The lowest BCUT2D eigenvalue weighted by molar-refractivity contribution is 0.318. The van der Waals surface area contributed by atoms with Crippen LogP contribution in [0.2, 0.25) is 0 Å². The van der Waals surface area contributed by atoms with E-state index >= 15 is 0 Å². The fourth-order valence-electron chi connectivity index (χ4n) is 1.36. The van der Waals surface area contributed by atoms with Gasteiger partial charge in [0.2, 0.25) is 0 Å². The molecule has 1 heterocycles. The number of oxime groups is 1. The van der Waals surface area contributed by atoms with E-state index in [9.17, 15) is 4.39 Å². The molecule has 0 fully saturated rings. The summed E-state index contributed by atoms with van der Waals surface area (Å²) in [5.74, 6) is 0.669. The van der Waals surface area contributed by atoms with E-state index in [-0.39, 0.29) is 5.84 Å². The van der Waals surface area contributed by atoms with Crippen molar-refractivity contribution < 1.29 is 9.60 Å². The van der Waals surface area contributed by atoms with Crippen molar-refractivity contribution in [1.29, 1.82) is 0 Å². The van der Waals surface area contributed by atoms with Gasteiger partial charge in [-0.1, -0.05) is 29.1 Å². The Bertz CT molecular complexity index is 614. The summed E-state index contributed by atoms with van der Waals surface area (Å²) in [4.78, 5) is 4.19. The van der Waals surface area contributed by atoms with Crippen molar-refractivity contribution in [3.05, 3.63) is 41.0 Å². The highest BCUT2D eigenvalue weighted by Gasteiger charge is 2.08. The van der Waals surface area contributed by atoms with Gasteiger partial charge in [-0.25, -0.2) is 9.37 Å². The molecule has 0 atom stereocenters. The van der Waals surface area contributed by atoms with E-state index in [4.69, 9.17) is 10.9 Å². The van der Waals surface area contributed by atoms with Gasteiger partial charge in [-0.05, 0) is 30.1 Å². The zero-order chi connectivity index (χ0) is 13.8. The largest absolute Gasteiger partial charge is 0.409 e. The molecule has 5 nitrogen and oxygen atoms in total. The van der Waals surface area contributed by atoms with Gasteiger partial charge in [0.15, 0.2) is 10.2 Å². The molecule has 0 bridgehead atoms. The predicted octanol–water partition coefficient (Wildman–Crippen LogP) is 2.37. The highest BCUT2D eigenvalue weighted by Crippen LogP contribution is 2.25. The van der Waals surface area contributed by atoms with Crippen molar-refractivity contribution in [1.82, 2.24) is 9.36 Å². The molecule has 0 radical (unpaired) electrons. The predicted molar refractivity (Wildman–Crippen MR) is 73.1 cm³/mol. The number of benzene rings is 1. The molecular formula is C11H11FN4OS2. The van der Waals surface area contributed by atoms with Crippen LogP contribution in [-0.2, 0) is 5.75 Å². The Labute approximate surface area is 117 Å². The molecule has 1 aromatic heterocycles. The lowest BCUT2D eigenvalue weighted by Gasteiger charge is -2.04. The first-order chi connectivity index (χ1) is 9.10. The highest BCUT2D eigenvalue weighted by molar-refractivity contribution is 8.00.